The summed E-state index contributed by atoms with van der Waals surface area (Å²) >= 11 is 0. The quantitative estimate of drug-likeness (QED) is 0.645. The smallest absolute Gasteiger partial charge is 0.229 e. The number of benzene rings is 1. The molecule has 0 aliphatic heterocycles. The fourth-order valence-electron chi connectivity index (χ4n) is 2.23. The van der Waals surface area contributed by atoms with E-state index < -0.39 is 15.6 Å². The Morgan fingerprint density at radius 3 is 2.22 bits per heavy atom. The van der Waals surface area contributed by atoms with Gasteiger partial charge in [-0.2, -0.15) is 0 Å². The molecule has 0 saturated heterocycles. The predicted molar refractivity (Wildman–Crippen MR) is 96.0 cm³/mol. The van der Waals surface area contributed by atoms with Crippen molar-refractivity contribution in [3.8, 4) is 0 Å². The maximum absolute atomic E-state index is 11.2. The minimum atomic E-state index is -3.25. The summed E-state index contributed by atoms with van der Waals surface area (Å²) in [7, 11) is -3.25. The summed E-state index contributed by atoms with van der Waals surface area (Å²) in [5.41, 5.74) is 0.868. The molecule has 2 unspecified atom stereocenters. The number of nitrogens with one attached hydrogen (secondary N) is 2. The van der Waals surface area contributed by atoms with Gasteiger partial charge in [0.25, 0.3) is 0 Å². The highest BCUT2D eigenvalue weighted by atomic mass is 32.2. The summed E-state index contributed by atoms with van der Waals surface area (Å²) < 4.78 is 24.8. The first-order chi connectivity index (χ1) is 10.5. The molecule has 0 aliphatic rings. The van der Waals surface area contributed by atoms with E-state index in [1.807, 2.05) is 26.0 Å². The Bertz CT molecular complexity index is 580. The van der Waals surface area contributed by atoms with Crippen LogP contribution in [-0.2, 0) is 10.0 Å². The Morgan fingerprint density at radius 1 is 1.17 bits per heavy atom. The Morgan fingerprint density at radius 2 is 1.74 bits per heavy atom. The van der Waals surface area contributed by atoms with Gasteiger partial charge in [0.05, 0.1) is 11.9 Å². The van der Waals surface area contributed by atoms with E-state index in [0.29, 0.717) is 18.2 Å². The fourth-order valence-corrected chi connectivity index (χ4v) is 2.80. The predicted octanol–water partition coefficient (Wildman–Crippen LogP) is 2.90. The number of hydrogen-bond acceptors (Lipinski definition) is 4. The monoisotopic (exact) mass is 342 g/mol. The van der Waals surface area contributed by atoms with Crippen molar-refractivity contribution < 1.29 is 13.5 Å². The molecule has 1 aromatic rings. The zero-order chi connectivity index (χ0) is 17.7. The molecule has 0 radical (unpaired) electrons. The van der Waals surface area contributed by atoms with Crippen molar-refractivity contribution in [2.45, 2.75) is 52.2 Å². The van der Waals surface area contributed by atoms with Gasteiger partial charge in [-0.15, -0.1) is 0 Å². The molecule has 0 aromatic heterocycles. The Balaban J connectivity index is 2.56. The molecule has 0 spiro atoms. The van der Waals surface area contributed by atoms with Crippen LogP contribution in [0.4, 0.5) is 5.69 Å². The van der Waals surface area contributed by atoms with Crippen LogP contribution >= 0.6 is 0 Å². The van der Waals surface area contributed by atoms with E-state index in [9.17, 15) is 13.5 Å². The topological polar surface area (TPSA) is 78.4 Å². The van der Waals surface area contributed by atoms with Gasteiger partial charge in [0, 0.05) is 18.3 Å². The molecule has 0 saturated carbocycles. The molecule has 0 fully saturated rings. The van der Waals surface area contributed by atoms with E-state index in [4.69, 9.17) is 0 Å². The zero-order valence-corrected chi connectivity index (χ0v) is 15.6. The summed E-state index contributed by atoms with van der Waals surface area (Å²) in [4.78, 5) is 0. The Kier molecular flexibility index (Phi) is 7.04. The Labute approximate surface area is 140 Å². The van der Waals surface area contributed by atoms with E-state index in [2.05, 4.69) is 23.9 Å². The van der Waals surface area contributed by atoms with Crippen molar-refractivity contribution >= 4 is 15.7 Å². The lowest BCUT2D eigenvalue weighted by Crippen LogP contribution is -2.39. The number of aliphatic hydroxyl groups is 1. The number of rotatable bonds is 9. The van der Waals surface area contributed by atoms with Crippen molar-refractivity contribution in [1.82, 2.24) is 5.32 Å². The lowest BCUT2D eigenvalue weighted by Gasteiger charge is -2.27. The Hall–Kier alpha value is -1.11. The molecule has 132 valence electrons. The molecular formula is C17H30N2O3S. The summed E-state index contributed by atoms with van der Waals surface area (Å²) in [6.07, 6.45) is 2.89. The third-order valence-electron chi connectivity index (χ3n) is 3.76. The highest BCUT2D eigenvalue weighted by Crippen LogP contribution is 2.19. The molecule has 1 rings (SSSR count). The van der Waals surface area contributed by atoms with Gasteiger partial charge < -0.3 is 10.4 Å². The van der Waals surface area contributed by atoms with Gasteiger partial charge in [-0.25, -0.2) is 8.42 Å². The maximum Gasteiger partial charge on any atom is 0.229 e. The van der Waals surface area contributed by atoms with Gasteiger partial charge in [0.1, 0.15) is 0 Å². The van der Waals surface area contributed by atoms with Crippen LogP contribution in [0.5, 0.6) is 0 Å². The molecular weight excluding hydrogens is 312 g/mol. The average Bonchev–Trinajstić information content (AvgIpc) is 2.42. The first-order valence-electron chi connectivity index (χ1n) is 8.02. The van der Waals surface area contributed by atoms with Gasteiger partial charge in [0.15, 0.2) is 0 Å². The molecule has 1 aromatic carbocycles. The fraction of sp³-hybridized carbons (Fsp3) is 0.647. The molecule has 0 heterocycles. The van der Waals surface area contributed by atoms with Crippen molar-refractivity contribution in [2.75, 3.05) is 17.5 Å². The zero-order valence-electron chi connectivity index (χ0n) is 14.8. The highest BCUT2D eigenvalue weighted by Gasteiger charge is 2.21. The minimum Gasteiger partial charge on any atom is -0.389 e. The summed E-state index contributed by atoms with van der Waals surface area (Å²) in [6.45, 7) is 8.70. The van der Waals surface area contributed by atoms with Crippen molar-refractivity contribution in [1.29, 1.82) is 0 Å². The van der Waals surface area contributed by atoms with Crippen molar-refractivity contribution in [3.05, 3.63) is 29.8 Å². The average molecular weight is 343 g/mol. The molecule has 2 atom stereocenters. The van der Waals surface area contributed by atoms with Crippen LogP contribution in [0.25, 0.3) is 0 Å². The van der Waals surface area contributed by atoms with Gasteiger partial charge in [-0.3, -0.25) is 4.72 Å². The molecule has 5 nitrogen and oxygen atoms in total. The summed E-state index contributed by atoms with van der Waals surface area (Å²) in [5, 5.41) is 13.7. The number of sulfonamides is 1. The van der Waals surface area contributed by atoms with Crippen molar-refractivity contribution in [2.24, 2.45) is 5.92 Å². The first-order valence-corrected chi connectivity index (χ1v) is 9.91. The van der Waals surface area contributed by atoms with Crippen molar-refractivity contribution in [3.63, 3.8) is 0 Å². The molecule has 23 heavy (non-hydrogen) atoms. The van der Waals surface area contributed by atoms with E-state index >= 15 is 0 Å². The number of anilines is 1. The van der Waals surface area contributed by atoms with Crippen LogP contribution in [0.1, 0.15) is 52.1 Å². The van der Waals surface area contributed by atoms with Crippen LogP contribution in [0.2, 0.25) is 0 Å². The second-order valence-corrected chi connectivity index (χ2v) is 8.78. The SMILES string of the molecule is CC(C)CCC(C)(O)CNC(C)c1ccc(NS(C)(=O)=O)cc1. The van der Waals surface area contributed by atoms with Crippen LogP contribution < -0.4 is 10.0 Å². The summed E-state index contributed by atoms with van der Waals surface area (Å²) in [6, 6.07) is 7.33. The van der Waals surface area contributed by atoms with Gasteiger partial charge in [-0.1, -0.05) is 26.0 Å². The van der Waals surface area contributed by atoms with Crippen LogP contribution in [0, 0.1) is 5.92 Å². The standard InChI is InChI=1S/C17H30N2O3S/c1-13(2)10-11-17(4,20)12-18-14(3)15-6-8-16(9-7-15)19-23(5,21)22/h6-9,13-14,18-20H,10-12H2,1-5H3. The van der Waals surface area contributed by atoms with Crippen LogP contribution in [0.15, 0.2) is 24.3 Å². The minimum absolute atomic E-state index is 0.0767. The van der Waals surface area contributed by atoms with E-state index in [1.165, 1.54) is 0 Å². The lowest BCUT2D eigenvalue weighted by atomic mass is 9.95. The molecule has 3 N–H and O–H groups in total. The summed E-state index contributed by atoms with van der Waals surface area (Å²) in [5.74, 6) is 0.578. The highest BCUT2D eigenvalue weighted by molar-refractivity contribution is 7.92. The van der Waals surface area contributed by atoms with Gasteiger partial charge in [0.2, 0.25) is 10.0 Å². The maximum atomic E-state index is 11.2. The van der Waals surface area contributed by atoms with E-state index in [1.54, 1.807) is 12.1 Å². The van der Waals surface area contributed by atoms with Crippen LogP contribution in [0.3, 0.4) is 0 Å². The molecule has 6 heteroatoms. The molecule has 0 amide bonds. The van der Waals surface area contributed by atoms with E-state index in [-0.39, 0.29) is 6.04 Å². The van der Waals surface area contributed by atoms with Gasteiger partial charge in [-0.05, 0) is 50.3 Å². The van der Waals surface area contributed by atoms with Gasteiger partial charge >= 0.3 is 0 Å². The van der Waals surface area contributed by atoms with Crippen LogP contribution in [-0.4, -0.2) is 31.9 Å². The largest absolute Gasteiger partial charge is 0.389 e. The second-order valence-electron chi connectivity index (χ2n) is 7.03. The molecule has 0 bridgehead atoms. The lowest BCUT2D eigenvalue weighted by molar-refractivity contribution is 0.0430. The third kappa shape index (κ3) is 8.34. The first kappa shape index (κ1) is 19.9. The van der Waals surface area contributed by atoms with E-state index in [0.717, 1.165) is 24.7 Å². The number of hydrogen-bond donors (Lipinski definition) is 3. The second kappa shape index (κ2) is 8.13. The molecule has 0 aliphatic carbocycles. The normalized spacial score (nSPS) is 16.1. The third-order valence-corrected chi connectivity index (χ3v) is 4.37.